The van der Waals surface area contributed by atoms with Gasteiger partial charge in [0, 0.05) is 12.0 Å². The standard InChI is InChI=1S/C12H15NO3/c14-12(15)13-11-6-10(11)8-16-7-9-4-2-1-3-5-9/h1-5,10-11,13H,6-8H2,(H,14,15). The van der Waals surface area contributed by atoms with Gasteiger partial charge in [-0.15, -0.1) is 0 Å². The maximum Gasteiger partial charge on any atom is 0.404 e. The van der Waals surface area contributed by atoms with E-state index >= 15 is 0 Å². The Morgan fingerprint density at radius 1 is 1.44 bits per heavy atom. The number of rotatable bonds is 5. The monoisotopic (exact) mass is 221 g/mol. The number of ether oxygens (including phenoxy) is 1. The van der Waals surface area contributed by atoms with Crippen LogP contribution in [0.5, 0.6) is 0 Å². The highest BCUT2D eigenvalue weighted by atomic mass is 16.5. The summed E-state index contributed by atoms with van der Waals surface area (Å²) in [6, 6.07) is 10.0. The molecule has 86 valence electrons. The van der Waals surface area contributed by atoms with Crippen molar-refractivity contribution in [2.24, 2.45) is 5.92 Å². The molecule has 0 bridgehead atoms. The number of amides is 1. The van der Waals surface area contributed by atoms with Crippen LogP contribution in [0.2, 0.25) is 0 Å². The molecule has 4 nitrogen and oxygen atoms in total. The Labute approximate surface area is 94.2 Å². The van der Waals surface area contributed by atoms with Crippen LogP contribution >= 0.6 is 0 Å². The molecule has 1 aromatic rings. The van der Waals surface area contributed by atoms with Gasteiger partial charge in [0.05, 0.1) is 13.2 Å². The minimum atomic E-state index is -0.949. The molecule has 2 rings (SSSR count). The Morgan fingerprint density at radius 2 is 2.19 bits per heavy atom. The summed E-state index contributed by atoms with van der Waals surface area (Å²) in [6.07, 6.45) is -0.0586. The zero-order chi connectivity index (χ0) is 11.4. The van der Waals surface area contributed by atoms with E-state index in [9.17, 15) is 4.79 Å². The second-order valence-corrected chi connectivity index (χ2v) is 4.05. The molecule has 0 aromatic heterocycles. The van der Waals surface area contributed by atoms with Crippen molar-refractivity contribution in [2.75, 3.05) is 6.61 Å². The molecule has 1 amide bonds. The third kappa shape index (κ3) is 3.24. The fourth-order valence-corrected chi connectivity index (χ4v) is 1.67. The third-order valence-electron chi connectivity index (χ3n) is 2.67. The van der Waals surface area contributed by atoms with E-state index in [0.29, 0.717) is 19.1 Å². The van der Waals surface area contributed by atoms with Gasteiger partial charge in [0.1, 0.15) is 0 Å². The van der Waals surface area contributed by atoms with Crippen molar-refractivity contribution in [1.82, 2.24) is 5.32 Å². The fraction of sp³-hybridized carbons (Fsp3) is 0.417. The molecule has 1 aromatic carbocycles. The molecule has 16 heavy (non-hydrogen) atoms. The molecule has 2 atom stereocenters. The van der Waals surface area contributed by atoms with E-state index in [1.165, 1.54) is 0 Å². The van der Waals surface area contributed by atoms with Crippen molar-refractivity contribution in [3.8, 4) is 0 Å². The van der Waals surface area contributed by atoms with Gasteiger partial charge in [0.2, 0.25) is 0 Å². The Hall–Kier alpha value is -1.55. The molecule has 4 heteroatoms. The van der Waals surface area contributed by atoms with E-state index in [2.05, 4.69) is 5.32 Å². The van der Waals surface area contributed by atoms with Gasteiger partial charge < -0.3 is 15.2 Å². The number of carboxylic acid groups (broad SMARTS) is 1. The smallest absolute Gasteiger partial charge is 0.404 e. The second-order valence-electron chi connectivity index (χ2n) is 4.05. The fourth-order valence-electron chi connectivity index (χ4n) is 1.67. The molecule has 0 aliphatic heterocycles. The van der Waals surface area contributed by atoms with Crippen LogP contribution in [0.1, 0.15) is 12.0 Å². The van der Waals surface area contributed by atoms with Crippen LogP contribution in [0.15, 0.2) is 30.3 Å². The van der Waals surface area contributed by atoms with Crippen LogP contribution in [0.25, 0.3) is 0 Å². The first-order valence-corrected chi connectivity index (χ1v) is 5.37. The maximum atomic E-state index is 10.3. The number of carbonyl (C=O) groups is 1. The Balaban J connectivity index is 1.62. The molecule has 0 saturated heterocycles. The molecule has 2 unspecified atom stereocenters. The molecular formula is C12H15NO3. The first kappa shape index (κ1) is 11.0. The molecular weight excluding hydrogens is 206 g/mol. The Kier molecular flexibility index (Phi) is 3.41. The normalized spacial score (nSPS) is 22.8. The van der Waals surface area contributed by atoms with Gasteiger partial charge in [-0.2, -0.15) is 0 Å². The van der Waals surface area contributed by atoms with Gasteiger partial charge in [0.25, 0.3) is 0 Å². The lowest BCUT2D eigenvalue weighted by Gasteiger charge is -2.03. The summed E-state index contributed by atoms with van der Waals surface area (Å²) < 4.78 is 5.52. The molecule has 1 aliphatic carbocycles. The highest BCUT2D eigenvalue weighted by molar-refractivity contribution is 5.65. The van der Waals surface area contributed by atoms with Gasteiger partial charge in [0.15, 0.2) is 0 Å². The molecule has 1 aliphatic rings. The van der Waals surface area contributed by atoms with Crippen molar-refractivity contribution in [3.63, 3.8) is 0 Å². The van der Waals surface area contributed by atoms with Crippen LogP contribution in [0, 0.1) is 5.92 Å². The zero-order valence-corrected chi connectivity index (χ0v) is 8.93. The van der Waals surface area contributed by atoms with Gasteiger partial charge in [-0.25, -0.2) is 4.79 Å². The highest BCUT2D eigenvalue weighted by Crippen LogP contribution is 2.30. The largest absolute Gasteiger partial charge is 0.465 e. The van der Waals surface area contributed by atoms with E-state index in [4.69, 9.17) is 9.84 Å². The van der Waals surface area contributed by atoms with Crippen LogP contribution in [0.3, 0.4) is 0 Å². The average Bonchev–Trinajstić information content (AvgIpc) is 2.97. The number of benzene rings is 1. The summed E-state index contributed by atoms with van der Waals surface area (Å²) in [4.78, 5) is 10.3. The van der Waals surface area contributed by atoms with Gasteiger partial charge in [-0.3, -0.25) is 0 Å². The van der Waals surface area contributed by atoms with Crippen LogP contribution in [-0.2, 0) is 11.3 Å². The average molecular weight is 221 g/mol. The van der Waals surface area contributed by atoms with E-state index in [-0.39, 0.29) is 6.04 Å². The number of nitrogens with one attached hydrogen (secondary N) is 1. The molecule has 0 radical (unpaired) electrons. The van der Waals surface area contributed by atoms with Gasteiger partial charge in [-0.05, 0) is 12.0 Å². The maximum absolute atomic E-state index is 10.3. The summed E-state index contributed by atoms with van der Waals surface area (Å²) >= 11 is 0. The summed E-state index contributed by atoms with van der Waals surface area (Å²) in [5.41, 5.74) is 1.14. The quantitative estimate of drug-likeness (QED) is 0.797. The first-order valence-electron chi connectivity index (χ1n) is 5.37. The molecule has 0 spiro atoms. The highest BCUT2D eigenvalue weighted by Gasteiger charge is 2.38. The SMILES string of the molecule is O=C(O)NC1CC1COCc1ccccc1. The van der Waals surface area contributed by atoms with Crippen LogP contribution < -0.4 is 5.32 Å². The van der Waals surface area contributed by atoms with Crippen molar-refractivity contribution in [2.45, 2.75) is 19.1 Å². The summed E-state index contributed by atoms with van der Waals surface area (Å²) in [7, 11) is 0. The Bertz CT molecular complexity index is 353. The molecule has 2 N–H and O–H groups in total. The third-order valence-corrected chi connectivity index (χ3v) is 2.67. The zero-order valence-electron chi connectivity index (χ0n) is 8.93. The van der Waals surface area contributed by atoms with Crippen molar-refractivity contribution in [1.29, 1.82) is 0 Å². The van der Waals surface area contributed by atoms with E-state index in [1.807, 2.05) is 30.3 Å². The summed E-state index contributed by atoms with van der Waals surface area (Å²) in [5.74, 6) is 0.347. The lowest BCUT2D eigenvalue weighted by atomic mass is 10.2. The van der Waals surface area contributed by atoms with E-state index < -0.39 is 6.09 Å². The predicted octanol–water partition coefficient (Wildman–Crippen LogP) is 1.86. The first-order chi connectivity index (χ1) is 7.75. The molecule has 0 heterocycles. The van der Waals surface area contributed by atoms with E-state index in [1.54, 1.807) is 0 Å². The second kappa shape index (κ2) is 4.99. The minimum absolute atomic E-state index is 0.0910. The minimum Gasteiger partial charge on any atom is -0.465 e. The van der Waals surface area contributed by atoms with Crippen LogP contribution in [-0.4, -0.2) is 23.8 Å². The van der Waals surface area contributed by atoms with Crippen molar-refractivity contribution in [3.05, 3.63) is 35.9 Å². The lowest BCUT2D eigenvalue weighted by molar-refractivity contribution is 0.109. The van der Waals surface area contributed by atoms with Crippen LogP contribution in [0.4, 0.5) is 4.79 Å². The summed E-state index contributed by atoms with van der Waals surface area (Å²) in [6.45, 7) is 1.22. The summed E-state index contributed by atoms with van der Waals surface area (Å²) in [5, 5.41) is 10.9. The topological polar surface area (TPSA) is 58.6 Å². The predicted molar refractivity (Wildman–Crippen MR) is 59.2 cm³/mol. The van der Waals surface area contributed by atoms with Crippen molar-refractivity contribution < 1.29 is 14.6 Å². The Morgan fingerprint density at radius 3 is 2.88 bits per heavy atom. The number of hydrogen-bond acceptors (Lipinski definition) is 2. The van der Waals surface area contributed by atoms with E-state index in [0.717, 1.165) is 12.0 Å². The van der Waals surface area contributed by atoms with Crippen molar-refractivity contribution >= 4 is 6.09 Å². The number of hydrogen-bond donors (Lipinski definition) is 2. The van der Waals surface area contributed by atoms with Gasteiger partial charge in [-0.1, -0.05) is 30.3 Å². The molecule has 1 fully saturated rings. The lowest BCUT2D eigenvalue weighted by Crippen LogP contribution is -2.25. The molecule has 1 saturated carbocycles. The van der Waals surface area contributed by atoms with Gasteiger partial charge >= 0.3 is 6.09 Å².